The summed E-state index contributed by atoms with van der Waals surface area (Å²) in [5.41, 5.74) is 0. The molecule has 8 nitrogen and oxygen atoms in total. The third kappa shape index (κ3) is 4.63. The summed E-state index contributed by atoms with van der Waals surface area (Å²) in [6.07, 6.45) is -0.435. The number of amides is 3. The third-order valence-electron chi connectivity index (χ3n) is 5.90. The lowest BCUT2D eigenvalue weighted by Crippen LogP contribution is -2.50. The minimum atomic E-state index is -3.87. The van der Waals surface area contributed by atoms with Crippen LogP contribution in [0.15, 0.2) is 41.3 Å². The summed E-state index contributed by atoms with van der Waals surface area (Å²) in [4.78, 5) is 27.8. The van der Waals surface area contributed by atoms with Crippen LogP contribution in [0.5, 0.6) is 0 Å². The molecule has 31 heavy (non-hydrogen) atoms. The van der Waals surface area contributed by atoms with Gasteiger partial charge in [0.05, 0.1) is 10.6 Å². The maximum absolute atomic E-state index is 12.8. The molecule has 0 saturated carbocycles. The van der Waals surface area contributed by atoms with Crippen molar-refractivity contribution in [2.75, 3.05) is 31.9 Å². The van der Waals surface area contributed by atoms with Gasteiger partial charge < -0.3 is 20.2 Å². The van der Waals surface area contributed by atoms with Gasteiger partial charge in [-0.3, -0.25) is 4.79 Å². The molecule has 2 aliphatic rings. The number of sulfone groups is 1. The number of aliphatic hydroxyl groups is 1. The lowest BCUT2D eigenvalue weighted by atomic mass is 10.0. The van der Waals surface area contributed by atoms with E-state index in [1.165, 1.54) is 17.0 Å². The molecule has 2 aliphatic heterocycles. The zero-order valence-corrected chi connectivity index (χ0v) is 18.4. The minimum Gasteiger partial charge on any atom is -0.382 e. The van der Waals surface area contributed by atoms with Gasteiger partial charge >= 0.3 is 6.03 Å². The molecule has 4 rings (SSSR count). The molecule has 3 amide bonds. The summed E-state index contributed by atoms with van der Waals surface area (Å²) in [6, 6.07) is 9.73. The van der Waals surface area contributed by atoms with E-state index in [9.17, 15) is 23.1 Å². The fourth-order valence-electron chi connectivity index (χ4n) is 4.21. The second-order valence-corrected chi connectivity index (χ2v) is 10.4. The summed E-state index contributed by atoms with van der Waals surface area (Å²) in [5.74, 6) is -1.28. The van der Waals surface area contributed by atoms with E-state index in [0.717, 1.165) is 5.39 Å². The molecule has 2 saturated heterocycles. The van der Waals surface area contributed by atoms with E-state index in [1.54, 1.807) is 29.2 Å². The number of hydrogen-bond acceptors (Lipinski definition) is 5. The van der Waals surface area contributed by atoms with Gasteiger partial charge in [0.25, 0.3) is 5.91 Å². The van der Waals surface area contributed by atoms with Crippen molar-refractivity contribution < 1.29 is 23.1 Å². The fraction of sp³-hybridized carbons (Fsp3) is 0.429. The average Bonchev–Trinajstić information content (AvgIpc) is 3.18. The van der Waals surface area contributed by atoms with Crippen molar-refractivity contribution in [3.63, 3.8) is 0 Å². The molecule has 2 N–H and O–H groups in total. The zero-order chi connectivity index (χ0) is 22.2. The Morgan fingerprint density at radius 3 is 2.48 bits per heavy atom. The highest BCUT2D eigenvalue weighted by atomic mass is 35.5. The number of carbonyl (C=O) groups is 2. The second kappa shape index (κ2) is 8.64. The van der Waals surface area contributed by atoms with Gasteiger partial charge in [0.2, 0.25) is 0 Å². The standard InChI is InChI=1S/C21H24ClN3O5S/c22-16-3-1-15-12-18(4-2-14(15)11-16)31(29,30)13-19(26)20(27)24-8-5-17(6-9-24)25-10-7-23-21(25)28/h1-4,11-12,17,19,26H,5-10,13H2,(H,23,28)/t19-/m1/s1. The molecular formula is C21H24ClN3O5S. The van der Waals surface area contributed by atoms with E-state index < -0.39 is 27.6 Å². The van der Waals surface area contributed by atoms with Gasteiger partial charge in [-0.05, 0) is 47.9 Å². The molecule has 0 aromatic heterocycles. The monoisotopic (exact) mass is 465 g/mol. The number of halogens is 1. The highest BCUT2D eigenvalue weighted by Crippen LogP contribution is 2.24. The van der Waals surface area contributed by atoms with Gasteiger partial charge in [0.1, 0.15) is 6.10 Å². The summed E-state index contributed by atoms with van der Waals surface area (Å²) >= 11 is 5.96. The van der Waals surface area contributed by atoms with Crippen LogP contribution in [0.2, 0.25) is 5.02 Å². The normalized spacial score (nSPS) is 19.0. The lowest BCUT2D eigenvalue weighted by molar-refractivity contribution is -0.140. The predicted molar refractivity (Wildman–Crippen MR) is 117 cm³/mol. The number of benzene rings is 2. The Morgan fingerprint density at radius 1 is 1.13 bits per heavy atom. The molecule has 0 unspecified atom stereocenters. The lowest BCUT2D eigenvalue weighted by Gasteiger charge is -2.36. The van der Waals surface area contributed by atoms with Crippen LogP contribution in [0, 0.1) is 0 Å². The molecule has 0 radical (unpaired) electrons. The highest BCUT2D eigenvalue weighted by molar-refractivity contribution is 7.91. The molecule has 10 heteroatoms. The van der Waals surface area contributed by atoms with Crippen LogP contribution in [0.3, 0.4) is 0 Å². The summed E-state index contributed by atoms with van der Waals surface area (Å²) in [6.45, 7) is 2.02. The summed E-state index contributed by atoms with van der Waals surface area (Å²) < 4.78 is 25.6. The predicted octanol–water partition coefficient (Wildman–Crippen LogP) is 1.64. The van der Waals surface area contributed by atoms with E-state index >= 15 is 0 Å². The first-order valence-electron chi connectivity index (χ1n) is 10.2. The van der Waals surface area contributed by atoms with E-state index in [1.807, 2.05) is 0 Å². The number of aliphatic hydroxyl groups excluding tert-OH is 1. The SMILES string of the molecule is O=C([C@H](O)CS(=O)(=O)c1ccc2cc(Cl)ccc2c1)N1CCC(N2CCNC2=O)CC1. The molecule has 2 fully saturated rings. The Kier molecular flexibility index (Phi) is 6.09. The summed E-state index contributed by atoms with van der Waals surface area (Å²) in [7, 11) is -3.87. The maximum atomic E-state index is 12.8. The summed E-state index contributed by atoms with van der Waals surface area (Å²) in [5, 5.41) is 15.2. The largest absolute Gasteiger partial charge is 0.382 e. The molecule has 2 heterocycles. The Hall–Kier alpha value is -2.36. The molecule has 166 valence electrons. The topological polar surface area (TPSA) is 107 Å². The Morgan fingerprint density at radius 2 is 1.81 bits per heavy atom. The van der Waals surface area contributed by atoms with Crippen molar-refractivity contribution in [2.24, 2.45) is 0 Å². The van der Waals surface area contributed by atoms with Crippen LogP contribution in [-0.2, 0) is 14.6 Å². The van der Waals surface area contributed by atoms with Gasteiger partial charge in [-0.15, -0.1) is 0 Å². The zero-order valence-electron chi connectivity index (χ0n) is 16.8. The van der Waals surface area contributed by atoms with Crippen molar-refractivity contribution in [3.8, 4) is 0 Å². The number of rotatable bonds is 5. The third-order valence-corrected chi connectivity index (χ3v) is 7.86. The average molecular weight is 466 g/mol. The van der Waals surface area contributed by atoms with Gasteiger partial charge in [-0.1, -0.05) is 23.7 Å². The molecule has 0 spiro atoms. The van der Waals surface area contributed by atoms with Crippen LogP contribution in [0.1, 0.15) is 12.8 Å². The molecule has 0 bridgehead atoms. The number of nitrogens with zero attached hydrogens (tertiary/aromatic N) is 2. The number of piperidine rings is 1. The van der Waals surface area contributed by atoms with Crippen molar-refractivity contribution >= 4 is 44.1 Å². The van der Waals surface area contributed by atoms with Gasteiger partial charge in [-0.2, -0.15) is 0 Å². The maximum Gasteiger partial charge on any atom is 0.317 e. The quantitative estimate of drug-likeness (QED) is 0.698. The van der Waals surface area contributed by atoms with Crippen molar-refractivity contribution in [2.45, 2.75) is 29.9 Å². The fourth-order valence-corrected chi connectivity index (χ4v) is 5.72. The van der Waals surface area contributed by atoms with Crippen LogP contribution < -0.4 is 5.32 Å². The van der Waals surface area contributed by atoms with Crippen molar-refractivity contribution in [1.29, 1.82) is 0 Å². The van der Waals surface area contributed by atoms with Crippen molar-refractivity contribution in [1.82, 2.24) is 15.1 Å². The number of hydrogen-bond donors (Lipinski definition) is 2. The second-order valence-electron chi connectivity index (χ2n) is 7.93. The van der Waals surface area contributed by atoms with E-state index in [-0.39, 0.29) is 17.0 Å². The first kappa shape index (κ1) is 21.9. The van der Waals surface area contributed by atoms with Gasteiger partial charge in [0.15, 0.2) is 9.84 Å². The number of nitrogens with one attached hydrogen (secondary N) is 1. The Labute approximate surface area is 185 Å². The van der Waals surface area contributed by atoms with E-state index in [4.69, 9.17) is 11.6 Å². The first-order valence-corrected chi connectivity index (χ1v) is 12.2. The molecule has 2 aromatic carbocycles. The highest BCUT2D eigenvalue weighted by Gasteiger charge is 2.34. The molecule has 0 aliphatic carbocycles. The van der Waals surface area contributed by atoms with Crippen LogP contribution in [-0.4, -0.2) is 79.3 Å². The van der Waals surface area contributed by atoms with Crippen LogP contribution in [0.4, 0.5) is 4.79 Å². The number of carbonyl (C=O) groups excluding carboxylic acids is 2. The van der Waals surface area contributed by atoms with Crippen LogP contribution >= 0.6 is 11.6 Å². The first-order chi connectivity index (χ1) is 14.7. The smallest absolute Gasteiger partial charge is 0.317 e. The Balaban J connectivity index is 1.39. The van der Waals surface area contributed by atoms with E-state index in [0.29, 0.717) is 49.4 Å². The molecular weight excluding hydrogens is 442 g/mol. The van der Waals surface area contributed by atoms with Gasteiger partial charge in [0, 0.05) is 37.2 Å². The Bertz CT molecular complexity index is 1120. The number of likely N-dealkylation sites (tertiary alicyclic amines) is 1. The number of fused-ring (bicyclic) bond motifs is 1. The minimum absolute atomic E-state index is 0.0490. The van der Waals surface area contributed by atoms with E-state index in [2.05, 4.69) is 5.32 Å². The van der Waals surface area contributed by atoms with Crippen molar-refractivity contribution in [3.05, 3.63) is 41.4 Å². The molecule has 1 atom stereocenters. The van der Waals surface area contributed by atoms with Gasteiger partial charge in [-0.25, -0.2) is 13.2 Å². The molecule has 2 aromatic rings. The number of urea groups is 1. The van der Waals surface area contributed by atoms with Crippen LogP contribution in [0.25, 0.3) is 10.8 Å².